The first-order valence-electron chi connectivity index (χ1n) is 11.3. The minimum absolute atomic E-state index is 0.0775. The van der Waals surface area contributed by atoms with Crippen LogP contribution >= 0.6 is 11.6 Å². The normalized spacial score (nSPS) is 17.3. The van der Waals surface area contributed by atoms with Crippen LogP contribution in [0.15, 0.2) is 36.4 Å². The summed E-state index contributed by atoms with van der Waals surface area (Å²) in [6, 6.07) is 11.4. The fourth-order valence-electron chi connectivity index (χ4n) is 4.22. The van der Waals surface area contributed by atoms with Crippen molar-refractivity contribution in [1.29, 1.82) is 0 Å². The van der Waals surface area contributed by atoms with E-state index in [2.05, 4.69) is 15.1 Å². The molecule has 0 saturated carbocycles. The van der Waals surface area contributed by atoms with Crippen LogP contribution in [0.25, 0.3) is 0 Å². The number of nitrogens with one attached hydrogen (secondary N) is 1. The van der Waals surface area contributed by atoms with Gasteiger partial charge in [-0.2, -0.15) is 0 Å². The molecule has 178 valence electrons. The highest BCUT2D eigenvalue weighted by molar-refractivity contribution is 6.30. The zero-order chi connectivity index (χ0) is 23.2. The van der Waals surface area contributed by atoms with Crippen molar-refractivity contribution in [1.82, 2.24) is 4.90 Å². The molecule has 0 bridgehead atoms. The molecule has 4 rings (SSSR count). The van der Waals surface area contributed by atoms with Gasteiger partial charge < -0.3 is 29.9 Å². The van der Waals surface area contributed by atoms with Crippen molar-refractivity contribution in [2.45, 2.75) is 18.9 Å². The lowest BCUT2D eigenvalue weighted by atomic mass is 10.0. The predicted octanol–water partition coefficient (Wildman–Crippen LogP) is 2.16. The topological polar surface area (TPSA) is 94.5 Å². The van der Waals surface area contributed by atoms with E-state index in [0.29, 0.717) is 36.6 Å². The molecule has 0 aromatic heterocycles. The summed E-state index contributed by atoms with van der Waals surface area (Å²) in [6.45, 7) is 4.22. The number of benzene rings is 2. The monoisotopic (exact) mass is 475 g/mol. The van der Waals surface area contributed by atoms with E-state index in [1.165, 1.54) is 0 Å². The minimum Gasteiger partial charge on any atom is -0.490 e. The number of halogens is 1. The lowest BCUT2D eigenvalue weighted by Gasteiger charge is -2.37. The van der Waals surface area contributed by atoms with Crippen LogP contribution in [0.2, 0.25) is 5.02 Å². The molecule has 2 aliphatic rings. The first-order valence-corrected chi connectivity index (χ1v) is 11.6. The Morgan fingerprint density at radius 1 is 1.00 bits per heavy atom. The predicted molar refractivity (Wildman–Crippen MR) is 128 cm³/mol. The van der Waals surface area contributed by atoms with Crippen molar-refractivity contribution in [2.24, 2.45) is 0 Å². The number of β-amino-alcohol motifs (C(OH)–C–C–N with tert-alkyl or cyclic N) is 1. The molecule has 1 unspecified atom stereocenters. The first kappa shape index (κ1) is 23.6. The summed E-state index contributed by atoms with van der Waals surface area (Å²) in [5.41, 5.74) is 2.60. The Hall–Kier alpha value is -2.52. The summed E-state index contributed by atoms with van der Waals surface area (Å²) in [6.07, 6.45) is 0.272. The quantitative estimate of drug-likeness (QED) is 0.511. The third-order valence-corrected chi connectivity index (χ3v) is 6.16. The molecule has 3 N–H and O–H groups in total. The van der Waals surface area contributed by atoms with E-state index in [4.69, 9.17) is 26.2 Å². The van der Waals surface area contributed by atoms with E-state index in [1.807, 2.05) is 24.3 Å². The van der Waals surface area contributed by atoms with E-state index in [1.54, 1.807) is 12.1 Å². The van der Waals surface area contributed by atoms with Crippen molar-refractivity contribution >= 4 is 28.9 Å². The lowest BCUT2D eigenvalue weighted by Crippen LogP contribution is -2.49. The van der Waals surface area contributed by atoms with E-state index < -0.39 is 6.10 Å². The lowest BCUT2D eigenvalue weighted by molar-refractivity contribution is -0.116. The summed E-state index contributed by atoms with van der Waals surface area (Å²) in [5, 5.41) is 23.2. The van der Waals surface area contributed by atoms with Crippen LogP contribution in [0, 0.1) is 0 Å². The molecule has 33 heavy (non-hydrogen) atoms. The minimum atomic E-state index is -0.633. The zero-order valence-electron chi connectivity index (χ0n) is 18.5. The number of fused-ring (bicyclic) bond motifs is 1. The number of carbonyl (C=O) groups is 1. The smallest absolute Gasteiger partial charge is 0.224 e. The van der Waals surface area contributed by atoms with Gasteiger partial charge in [0, 0.05) is 55.4 Å². The maximum Gasteiger partial charge on any atom is 0.224 e. The molecule has 2 aromatic carbocycles. The number of nitrogens with zero attached hydrogens (tertiary/aromatic N) is 2. The molecule has 1 saturated heterocycles. The van der Waals surface area contributed by atoms with Gasteiger partial charge in [0.15, 0.2) is 0 Å². The standard InChI is InChI=1S/C24H30ClN3O5/c25-17-1-3-18(4-2-17)28-11-9-27(10-12-28)15-19(30)16-33-21-6-7-22(32-14-13-29)24-20(21)5-8-23(31)26-24/h1-4,6-7,19,29-30H,5,8-16H2,(H,26,31). The van der Waals surface area contributed by atoms with E-state index in [9.17, 15) is 9.90 Å². The number of hydrogen-bond acceptors (Lipinski definition) is 7. The third kappa shape index (κ3) is 6.09. The molecule has 9 heteroatoms. The van der Waals surface area contributed by atoms with Gasteiger partial charge in [-0.3, -0.25) is 9.69 Å². The van der Waals surface area contributed by atoms with Gasteiger partial charge in [0.1, 0.15) is 30.8 Å². The van der Waals surface area contributed by atoms with Crippen molar-refractivity contribution in [3.63, 3.8) is 0 Å². The largest absolute Gasteiger partial charge is 0.490 e. The molecule has 2 aromatic rings. The number of rotatable bonds is 9. The molecule has 1 fully saturated rings. The second-order valence-corrected chi connectivity index (χ2v) is 8.70. The van der Waals surface area contributed by atoms with Crippen molar-refractivity contribution in [3.8, 4) is 11.5 Å². The van der Waals surface area contributed by atoms with Gasteiger partial charge >= 0.3 is 0 Å². The number of amides is 1. The SMILES string of the molecule is O=C1CCc2c(OCC(O)CN3CCN(c4ccc(Cl)cc4)CC3)ccc(OCCO)c2N1. The Morgan fingerprint density at radius 3 is 2.45 bits per heavy atom. The van der Waals surface area contributed by atoms with Gasteiger partial charge in [-0.25, -0.2) is 0 Å². The van der Waals surface area contributed by atoms with Gasteiger partial charge in [0.2, 0.25) is 5.91 Å². The number of aliphatic hydroxyl groups is 2. The molecule has 2 aliphatic heterocycles. The average molecular weight is 476 g/mol. The van der Waals surface area contributed by atoms with Crippen LogP contribution in [0.3, 0.4) is 0 Å². The van der Waals surface area contributed by atoms with Gasteiger partial charge in [0.05, 0.1) is 12.3 Å². The van der Waals surface area contributed by atoms with Crippen LogP contribution in [0.5, 0.6) is 11.5 Å². The summed E-state index contributed by atoms with van der Waals surface area (Å²) in [5.74, 6) is 1.07. The fourth-order valence-corrected chi connectivity index (χ4v) is 4.35. The average Bonchev–Trinajstić information content (AvgIpc) is 2.82. The maximum absolute atomic E-state index is 11.9. The van der Waals surface area contributed by atoms with Crippen molar-refractivity contribution in [2.75, 3.05) is 62.8 Å². The number of anilines is 2. The maximum atomic E-state index is 11.9. The van der Waals surface area contributed by atoms with E-state index >= 15 is 0 Å². The number of hydrogen-bond donors (Lipinski definition) is 3. The Labute approximate surface area is 198 Å². The highest BCUT2D eigenvalue weighted by Crippen LogP contribution is 2.39. The Bertz CT molecular complexity index is 948. The molecule has 8 nitrogen and oxygen atoms in total. The van der Waals surface area contributed by atoms with Crippen LogP contribution < -0.4 is 19.7 Å². The van der Waals surface area contributed by atoms with E-state index in [-0.39, 0.29) is 25.7 Å². The van der Waals surface area contributed by atoms with Crippen LogP contribution in [0.4, 0.5) is 11.4 Å². The molecule has 0 spiro atoms. The van der Waals surface area contributed by atoms with Gasteiger partial charge in [0.25, 0.3) is 0 Å². The van der Waals surface area contributed by atoms with Gasteiger partial charge in [-0.05, 0) is 42.8 Å². The molecule has 1 amide bonds. The fraction of sp³-hybridized carbons (Fsp3) is 0.458. The summed E-state index contributed by atoms with van der Waals surface area (Å²) >= 11 is 5.98. The zero-order valence-corrected chi connectivity index (χ0v) is 19.3. The molecule has 0 radical (unpaired) electrons. The highest BCUT2D eigenvalue weighted by Gasteiger charge is 2.24. The van der Waals surface area contributed by atoms with Crippen molar-refractivity contribution in [3.05, 3.63) is 47.0 Å². The van der Waals surface area contributed by atoms with E-state index in [0.717, 1.165) is 42.5 Å². The number of carbonyl (C=O) groups excluding carboxylic acids is 1. The molecular formula is C24H30ClN3O5. The van der Waals surface area contributed by atoms with Crippen molar-refractivity contribution < 1.29 is 24.5 Å². The van der Waals surface area contributed by atoms with Crippen LogP contribution in [0.1, 0.15) is 12.0 Å². The number of aliphatic hydroxyl groups excluding tert-OH is 2. The Kier molecular flexibility index (Phi) is 7.93. The molecular weight excluding hydrogens is 446 g/mol. The molecule has 1 atom stereocenters. The molecule has 0 aliphatic carbocycles. The van der Waals surface area contributed by atoms with Crippen LogP contribution in [-0.4, -0.2) is 79.7 Å². The van der Waals surface area contributed by atoms with Crippen LogP contribution in [-0.2, 0) is 11.2 Å². The Balaban J connectivity index is 1.29. The summed E-state index contributed by atoms with van der Waals surface area (Å²) < 4.78 is 11.5. The van der Waals surface area contributed by atoms with Gasteiger partial charge in [-0.1, -0.05) is 11.6 Å². The molecule has 2 heterocycles. The first-order chi connectivity index (χ1) is 16.0. The van der Waals surface area contributed by atoms with Gasteiger partial charge in [-0.15, -0.1) is 0 Å². The highest BCUT2D eigenvalue weighted by atomic mass is 35.5. The summed E-state index contributed by atoms with van der Waals surface area (Å²) in [4.78, 5) is 16.4. The second kappa shape index (κ2) is 11.1. The summed E-state index contributed by atoms with van der Waals surface area (Å²) in [7, 11) is 0. The second-order valence-electron chi connectivity index (χ2n) is 8.26. The third-order valence-electron chi connectivity index (χ3n) is 5.91. The number of ether oxygens (including phenoxy) is 2. The number of piperazine rings is 1. The Morgan fingerprint density at radius 2 is 1.73 bits per heavy atom.